The van der Waals surface area contributed by atoms with E-state index in [1.807, 2.05) is 13.8 Å². The third kappa shape index (κ3) is 10.2. The molecule has 2 aliphatic heterocycles. The fraction of sp³-hybridized carbons (Fsp3) is 0.765. The molecule has 2 aliphatic rings. The lowest BCUT2D eigenvalue weighted by molar-refractivity contribution is -0.149. The molecule has 0 aromatic carbocycles. The smallest absolute Gasteiger partial charge is 0.309 e. The van der Waals surface area contributed by atoms with Gasteiger partial charge >= 0.3 is 11.9 Å². The number of hydrogen-bond acceptors (Lipinski definition) is 16. The minimum atomic E-state index is -0.168. The summed E-state index contributed by atoms with van der Waals surface area (Å²) in [5.41, 5.74) is 1.24. The predicted octanol–water partition coefficient (Wildman–Crippen LogP) is 2.18. The van der Waals surface area contributed by atoms with E-state index in [1.165, 1.54) is 0 Å². The van der Waals surface area contributed by atoms with Gasteiger partial charge in [-0.3, -0.25) is 9.59 Å². The van der Waals surface area contributed by atoms with Crippen LogP contribution in [0.1, 0.15) is 39.5 Å². The maximum absolute atomic E-state index is 12.6. The Morgan fingerprint density at radius 2 is 0.900 bits per heavy atom. The summed E-state index contributed by atoms with van der Waals surface area (Å²) in [6, 6.07) is 0. The molecule has 4 rings (SSSR count). The Balaban J connectivity index is 1.87. The fourth-order valence-corrected chi connectivity index (χ4v) is 6.29. The lowest BCUT2D eigenvalue weighted by Crippen LogP contribution is -2.40. The minimum absolute atomic E-state index is 0.157. The minimum Gasteiger partial charge on any atom is -0.466 e. The van der Waals surface area contributed by atoms with Gasteiger partial charge in [-0.25, -0.2) is 9.97 Å². The summed E-state index contributed by atoms with van der Waals surface area (Å²) in [7, 11) is 6.67. The molecular formula is C34H56N8O8. The Morgan fingerprint density at radius 3 is 1.18 bits per heavy atom. The van der Waals surface area contributed by atoms with Crippen molar-refractivity contribution in [1.29, 1.82) is 0 Å². The summed E-state index contributed by atoms with van der Waals surface area (Å²) in [5, 5.41) is 0. The first-order valence-electron chi connectivity index (χ1n) is 17.8. The predicted molar refractivity (Wildman–Crippen MR) is 190 cm³/mol. The van der Waals surface area contributed by atoms with Crippen LogP contribution in [0, 0.1) is 11.8 Å². The van der Waals surface area contributed by atoms with Crippen LogP contribution < -0.4 is 19.6 Å². The number of methoxy groups -OCH3 is 4. The maximum Gasteiger partial charge on any atom is 0.309 e. The summed E-state index contributed by atoms with van der Waals surface area (Å²) in [5.74, 6) is 1.74. The average molecular weight is 705 g/mol. The SMILES string of the molecule is CCOC(=O)C1CCN(c2nc(N(CCOC)CCOC)nc3c(N4CCC(C(=O)OCC)CC4)nc(N(CCOC)CCOC)nc23)CC1. The first-order chi connectivity index (χ1) is 24.4. The van der Waals surface area contributed by atoms with Crippen LogP contribution in [0.3, 0.4) is 0 Å². The van der Waals surface area contributed by atoms with Gasteiger partial charge in [0.05, 0.1) is 51.5 Å². The van der Waals surface area contributed by atoms with Crippen molar-refractivity contribution in [2.75, 3.05) is 140 Å². The topological polar surface area (TPSA) is 154 Å². The van der Waals surface area contributed by atoms with Crippen LogP contribution in [0.15, 0.2) is 0 Å². The highest BCUT2D eigenvalue weighted by Crippen LogP contribution is 2.36. The Bertz CT molecular complexity index is 1240. The summed E-state index contributed by atoms with van der Waals surface area (Å²) in [6.07, 6.45) is 2.54. The van der Waals surface area contributed by atoms with Crippen LogP contribution in [0.5, 0.6) is 0 Å². The van der Waals surface area contributed by atoms with Crippen molar-refractivity contribution < 1.29 is 38.0 Å². The fourth-order valence-electron chi connectivity index (χ4n) is 6.29. The quantitative estimate of drug-likeness (QED) is 0.185. The van der Waals surface area contributed by atoms with Gasteiger partial charge in [-0.1, -0.05) is 0 Å². The molecule has 4 heterocycles. The van der Waals surface area contributed by atoms with E-state index in [1.54, 1.807) is 28.4 Å². The van der Waals surface area contributed by atoms with E-state index in [-0.39, 0.29) is 23.8 Å². The van der Waals surface area contributed by atoms with Gasteiger partial charge in [-0.2, -0.15) is 9.97 Å². The second kappa shape index (κ2) is 20.3. The lowest BCUT2D eigenvalue weighted by atomic mass is 9.96. The van der Waals surface area contributed by atoms with Crippen LogP contribution in [-0.2, 0) is 38.0 Å². The summed E-state index contributed by atoms with van der Waals surface area (Å²) in [4.78, 5) is 54.4. The van der Waals surface area contributed by atoms with Crippen molar-refractivity contribution in [1.82, 2.24) is 19.9 Å². The normalized spacial score (nSPS) is 15.8. The molecule has 2 saturated heterocycles. The molecule has 0 saturated carbocycles. The van der Waals surface area contributed by atoms with Crippen LogP contribution in [0.25, 0.3) is 11.0 Å². The van der Waals surface area contributed by atoms with E-state index in [9.17, 15) is 9.59 Å². The highest BCUT2D eigenvalue weighted by Gasteiger charge is 2.33. The number of nitrogens with zero attached hydrogens (tertiary/aromatic N) is 8. The van der Waals surface area contributed by atoms with Crippen molar-refractivity contribution in [3.63, 3.8) is 0 Å². The summed E-state index contributed by atoms with van der Waals surface area (Å²) >= 11 is 0. The molecule has 16 heteroatoms. The molecule has 0 N–H and O–H groups in total. The largest absolute Gasteiger partial charge is 0.466 e. The molecule has 2 aromatic rings. The summed E-state index contributed by atoms with van der Waals surface area (Å²) < 4.78 is 32.5. The highest BCUT2D eigenvalue weighted by atomic mass is 16.5. The number of hydrogen-bond donors (Lipinski definition) is 0. The van der Waals surface area contributed by atoms with Crippen molar-refractivity contribution in [2.45, 2.75) is 39.5 Å². The zero-order chi connectivity index (χ0) is 35.9. The third-order valence-corrected chi connectivity index (χ3v) is 9.14. The van der Waals surface area contributed by atoms with Gasteiger partial charge in [0, 0.05) is 80.8 Å². The number of rotatable bonds is 20. The molecule has 50 heavy (non-hydrogen) atoms. The number of ether oxygens (including phenoxy) is 6. The molecule has 0 amide bonds. The first-order valence-corrected chi connectivity index (χ1v) is 17.8. The van der Waals surface area contributed by atoms with Crippen LogP contribution in [0.2, 0.25) is 0 Å². The highest BCUT2D eigenvalue weighted by molar-refractivity contribution is 5.95. The molecule has 2 aromatic heterocycles. The Hall–Kier alpha value is -3.60. The molecule has 280 valence electrons. The second-order valence-electron chi connectivity index (χ2n) is 12.4. The van der Waals surface area contributed by atoms with Gasteiger partial charge in [0.1, 0.15) is 11.0 Å². The van der Waals surface area contributed by atoms with Crippen molar-refractivity contribution in [2.24, 2.45) is 11.8 Å². The second-order valence-corrected chi connectivity index (χ2v) is 12.4. The molecular weight excluding hydrogens is 648 g/mol. The first kappa shape index (κ1) is 39.2. The molecule has 0 unspecified atom stereocenters. The number of anilines is 4. The van der Waals surface area contributed by atoms with Crippen molar-refractivity contribution in [3.05, 3.63) is 0 Å². The van der Waals surface area contributed by atoms with E-state index in [0.29, 0.717) is 152 Å². The van der Waals surface area contributed by atoms with E-state index in [2.05, 4.69) is 19.6 Å². The zero-order valence-corrected chi connectivity index (χ0v) is 30.7. The lowest BCUT2D eigenvalue weighted by Gasteiger charge is -2.35. The average Bonchev–Trinajstić information content (AvgIpc) is 3.14. The third-order valence-electron chi connectivity index (χ3n) is 9.14. The van der Waals surface area contributed by atoms with Gasteiger partial charge in [-0.05, 0) is 39.5 Å². The van der Waals surface area contributed by atoms with Crippen LogP contribution in [0.4, 0.5) is 23.5 Å². The molecule has 0 atom stereocenters. The van der Waals surface area contributed by atoms with Crippen LogP contribution >= 0.6 is 0 Å². The van der Waals surface area contributed by atoms with E-state index in [4.69, 9.17) is 48.4 Å². The van der Waals surface area contributed by atoms with Gasteiger partial charge in [0.25, 0.3) is 0 Å². The zero-order valence-electron chi connectivity index (χ0n) is 30.7. The van der Waals surface area contributed by atoms with Gasteiger partial charge in [0.15, 0.2) is 11.6 Å². The van der Waals surface area contributed by atoms with Crippen LogP contribution in [-0.4, -0.2) is 152 Å². The van der Waals surface area contributed by atoms with E-state index >= 15 is 0 Å². The maximum atomic E-state index is 12.6. The molecule has 16 nitrogen and oxygen atoms in total. The molecule has 0 bridgehead atoms. The number of carbonyl (C=O) groups is 2. The standard InChI is InChI=1S/C34H56N8O8/c1-7-49-31(43)25-9-13-39(14-10-25)29-27-28(36-33(37-29)41(17-21-45-3)18-22-46-4)30(40-15-11-26(12-16-40)32(44)50-8-2)38-34(35-27)42(19-23-47-5)20-24-48-6/h25-26H,7-24H2,1-6H3. The number of fused-ring (bicyclic) bond motifs is 1. The molecule has 0 radical (unpaired) electrons. The van der Waals surface area contributed by atoms with Gasteiger partial charge < -0.3 is 48.0 Å². The Morgan fingerprint density at radius 1 is 0.580 bits per heavy atom. The number of aromatic nitrogens is 4. The van der Waals surface area contributed by atoms with Gasteiger partial charge in [-0.15, -0.1) is 0 Å². The number of esters is 2. The molecule has 0 spiro atoms. The monoisotopic (exact) mass is 704 g/mol. The van der Waals surface area contributed by atoms with E-state index in [0.717, 1.165) is 0 Å². The Kier molecular flexibility index (Phi) is 15.9. The van der Waals surface area contributed by atoms with Crippen molar-refractivity contribution >= 4 is 46.5 Å². The number of piperidine rings is 2. The summed E-state index contributed by atoms with van der Waals surface area (Å²) in [6.45, 7) is 10.9. The number of carbonyl (C=O) groups excluding carboxylic acids is 2. The van der Waals surface area contributed by atoms with E-state index < -0.39 is 0 Å². The van der Waals surface area contributed by atoms with Gasteiger partial charge in [0.2, 0.25) is 11.9 Å². The molecule has 2 fully saturated rings. The Labute approximate surface area is 295 Å². The van der Waals surface area contributed by atoms with Crippen molar-refractivity contribution in [3.8, 4) is 0 Å². The molecule has 0 aliphatic carbocycles.